The average molecular weight is 375 g/mol. The van der Waals surface area contributed by atoms with Crippen LogP contribution in [0.3, 0.4) is 0 Å². The predicted octanol–water partition coefficient (Wildman–Crippen LogP) is 3.21. The molecule has 0 N–H and O–H groups in total. The summed E-state index contributed by atoms with van der Waals surface area (Å²) in [6.07, 6.45) is -1.78. The SMILES string of the molecule is COc1ncc(Cl)c(N2CCC(Oc3ccc(C(F)(F)F)cn3)C2)n1. The zero-order valence-corrected chi connectivity index (χ0v) is 13.9. The van der Waals surface area contributed by atoms with E-state index in [9.17, 15) is 13.2 Å². The molecule has 3 rings (SSSR count). The van der Waals surface area contributed by atoms with Gasteiger partial charge in [-0.2, -0.15) is 18.2 Å². The molecule has 0 radical (unpaired) electrons. The summed E-state index contributed by atoms with van der Waals surface area (Å²) in [5.41, 5.74) is -0.812. The number of methoxy groups -OCH3 is 1. The van der Waals surface area contributed by atoms with Crippen LogP contribution < -0.4 is 14.4 Å². The second kappa shape index (κ2) is 6.91. The van der Waals surface area contributed by atoms with Crippen LogP contribution >= 0.6 is 11.6 Å². The molecule has 0 aromatic carbocycles. The molecule has 6 nitrogen and oxygen atoms in total. The molecule has 3 heterocycles. The van der Waals surface area contributed by atoms with Crippen molar-refractivity contribution in [2.24, 2.45) is 0 Å². The van der Waals surface area contributed by atoms with Crippen LogP contribution in [0, 0.1) is 0 Å². The van der Waals surface area contributed by atoms with Gasteiger partial charge in [0, 0.05) is 25.2 Å². The molecule has 134 valence electrons. The maximum Gasteiger partial charge on any atom is 0.417 e. The lowest BCUT2D eigenvalue weighted by molar-refractivity contribution is -0.137. The highest BCUT2D eigenvalue weighted by molar-refractivity contribution is 6.32. The van der Waals surface area contributed by atoms with Crippen LogP contribution in [0.25, 0.3) is 0 Å². The van der Waals surface area contributed by atoms with E-state index in [1.54, 1.807) is 0 Å². The molecule has 0 saturated carbocycles. The number of hydrogen-bond donors (Lipinski definition) is 0. The summed E-state index contributed by atoms with van der Waals surface area (Å²) in [7, 11) is 1.46. The Bertz CT molecular complexity index is 743. The van der Waals surface area contributed by atoms with Gasteiger partial charge in [-0.3, -0.25) is 0 Å². The number of nitrogens with zero attached hydrogens (tertiary/aromatic N) is 4. The van der Waals surface area contributed by atoms with Crippen LogP contribution in [0.2, 0.25) is 5.02 Å². The van der Waals surface area contributed by atoms with E-state index in [0.717, 1.165) is 12.3 Å². The third-order valence-corrected chi connectivity index (χ3v) is 3.95. The number of pyridine rings is 1. The molecular weight excluding hydrogens is 361 g/mol. The van der Waals surface area contributed by atoms with Gasteiger partial charge in [0.15, 0.2) is 5.82 Å². The van der Waals surface area contributed by atoms with Gasteiger partial charge in [-0.15, -0.1) is 0 Å². The fraction of sp³-hybridized carbons (Fsp3) is 0.400. The Morgan fingerprint density at radius 3 is 2.68 bits per heavy atom. The van der Waals surface area contributed by atoms with Crippen molar-refractivity contribution in [2.75, 3.05) is 25.1 Å². The van der Waals surface area contributed by atoms with Crippen LogP contribution in [0.1, 0.15) is 12.0 Å². The molecule has 1 fully saturated rings. The van der Waals surface area contributed by atoms with Gasteiger partial charge in [0.25, 0.3) is 0 Å². The third-order valence-electron chi connectivity index (χ3n) is 3.68. The molecule has 0 bridgehead atoms. The molecule has 25 heavy (non-hydrogen) atoms. The van der Waals surface area contributed by atoms with Gasteiger partial charge in [-0.25, -0.2) is 9.97 Å². The highest BCUT2D eigenvalue weighted by Crippen LogP contribution is 2.31. The monoisotopic (exact) mass is 374 g/mol. The lowest BCUT2D eigenvalue weighted by atomic mass is 10.3. The van der Waals surface area contributed by atoms with Crippen molar-refractivity contribution in [3.8, 4) is 11.9 Å². The Morgan fingerprint density at radius 2 is 2.04 bits per heavy atom. The van der Waals surface area contributed by atoms with E-state index >= 15 is 0 Å². The molecule has 1 aliphatic heterocycles. The smallest absolute Gasteiger partial charge is 0.417 e. The zero-order valence-electron chi connectivity index (χ0n) is 13.1. The number of alkyl halides is 3. The van der Waals surface area contributed by atoms with Crippen LogP contribution in [0.15, 0.2) is 24.5 Å². The van der Waals surface area contributed by atoms with Crippen LogP contribution in [-0.4, -0.2) is 41.3 Å². The Morgan fingerprint density at radius 1 is 1.24 bits per heavy atom. The Balaban J connectivity index is 1.65. The molecule has 1 unspecified atom stereocenters. The van der Waals surface area contributed by atoms with E-state index < -0.39 is 11.7 Å². The van der Waals surface area contributed by atoms with Gasteiger partial charge < -0.3 is 14.4 Å². The van der Waals surface area contributed by atoms with Crippen LogP contribution in [-0.2, 0) is 6.18 Å². The van der Waals surface area contributed by atoms with E-state index in [0.29, 0.717) is 30.4 Å². The summed E-state index contributed by atoms with van der Waals surface area (Å²) in [6.45, 7) is 1.10. The molecule has 1 aliphatic rings. The molecule has 1 saturated heterocycles. The molecule has 0 amide bonds. The van der Waals surface area contributed by atoms with Crippen LogP contribution in [0.5, 0.6) is 11.9 Å². The van der Waals surface area contributed by atoms with Crippen molar-refractivity contribution in [1.82, 2.24) is 15.0 Å². The van der Waals surface area contributed by atoms with Gasteiger partial charge in [0.05, 0.1) is 25.4 Å². The topological polar surface area (TPSA) is 60.4 Å². The van der Waals surface area contributed by atoms with E-state index in [1.807, 2.05) is 4.90 Å². The van der Waals surface area contributed by atoms with E-state index in [1.165, 1.54) is 19.4 Å². The summed E-state index contributed by atoms with van der Waals surface area (Å²) in [6, 6.07) is 2.36. The second-order valence-electron chi connectivity index (χ2n) is 5.39. The minimum Gasteiger partial charge on any atom is -0.472 e. The van der Waals surface area contributed by atoms with Crippen molar-refractivity contribution in [3.05, 3.63) is 35.1 Å². The van der Waals surface area contributed by atoms with E-state index in [2.05, 4.69) is 15.0 Å². The first kappa shape index (κ1) is 17.5. The average Bonchev–Trinajstić information content (AvgIpc) is 3.03. The van der Waals surface area contributed by atoms with Crippen molar-refractivity contribution in [1.29, 1.82) is 0 Å². The Kier molecular flexibility index (Phi) is 4.85. The van der Waals surface area contributed by atoms with Gasteiger partial charge in [0.1, 0.15) is 11.1 Å². The summed E-state index contributed by atoms with van der Waals surface area (Å²) >= 11 is 6.12. The van der Waals surface area contributed by atoms with Gasteiger partial charge in [0.2, 0.25) is 5.88 Å². The fourth-order valence-electron chi connectivity index (χ4n) is 2.47. The molecule has 0 spiro atoms. The second-order valence-corrected chi connectivity index (χ2v) is 5.79. The molecule has 0 aliphatic carbocycles. The van der Waals surface area contributed by atoms with Crippen molar-refractivity contribution in [3.63, 3.8) is 0 Å². The molecule has 10 heteroatoms. The van der Waals surface area contributed by atoms with E-state index in [-0.39, 0.29) is 18.0 Å². The summed E-state index contributed by atoms with van der Waals surface area (Å²) in [5.74, 6) is 0.672. The number of anilines is 1. The van der Waals surface area contributed by atoms with Crippen molar-refractivity contribution >= 4 is 17.4 Å². The maximum atomic E-state index is 12.5. The first-order valence-electron chi connectivity index (χ1n) is 7.38. The standard InChI is InChI=1S/C15H14ClF3N4O2/c1-24-14-21-7-11(16)13(22-14)23-5-4-10(8-23)25-12-3-2-9(6-20-12)15(17,18)19/h2-3,6-7,10H,4-5,8H2,1H3. The summed E-state index contributed by atoms with van der Waals surface area (Å²) in [4.78, 5) is 13.8. The molecule has 2 aromatic rings. The highest BCUT2D eigenvalue weighted by atomic mass is 35.5. The minimum atomic E-state index is -4.42. The molecular formula is C15H14ClF3N4O2. The fourth-order valence-corrected chi connectivity index (χ4v) is 2.68. The highest BCUT2D eigenvalue weighted by Gasteiger charge is 2.31. The number of rotatable bonds is 4. The minimum absolute atomic E-state index is 0.145. The lowest BCUT2D eigenvalue weighted by Gasteiger charge is -2.19. The number of hydrogen-bond acceptors (Lipinski definition) is 6. The maximum absolute atomic E-state index is 12.5. The predicted molar refractivity (Wildman–Crippen MR) is 84.1 cm³/mol. The lowest BCUT2D eigenvalue weighted by Crippen LogP contribution is -2.26. The van der Waals surface area contributed by atoms with Crippen molar-refractivity contribution < 1.29 is 22.6 Å². The van der Waals surface area contributed by atoms with Gasteiger partial charge in [-0.1, -0.05) is 11.6 Å². The van der Waals surface area contributed by atoms with Crippen molar-refractivity contribution in [2.45, 2.75) is 18.7 Å². The normalized spacial score (nSPS) is 17.6. The number of ether oxygens (including phenoxy) is 2. The Labute approximate surface area is 146 Å². The van der Waals surface area contributed by atoms with Crippen LogP contribution in [0.4, 0.5) is 19.0 Å². The number of aromatic nitrogens is 3. The summed E-state index contributed by atoms with van der Waals surface area (Å²) < 4.78 is 48.3. The van der Waals surface area contributed by atoms with E-state index in [4.69, 9.17) is 21.1 Å². The largest absolute Gasteiger partial charge is 0.472 e. The quantitative estimate of drug-likeness (QED) is 0.819. The van der Waals surface area contributed by atoms with Gasteiger partial charge in [-0.05, 0) is 6.07 Å². The Hall–Kier alpha value is -2.29. The zero-order chi connectivity index (χ0) is 18.0. The molecule has 2 aromatic heterocycles. The number of halogens is 4. The molecule has 1 atom stereocenters. The van der Waals surface area contributed by atoms with Gasteiger partial charge >= 0.3 is 12.2 Å². The first-order valence-corrected chi connectivity index (χ1v) is 7.76. The first-order chi connectivity index (χ1) is 11.9. The summed E-state index contributed by atoms with van der Waals surface area (Å²) in [5, 5.41) is 0.383. The third kappa shape index (κ3) is 4.04.